The SMILES string of the molecule is COc1cc2c(cc1OC)CN(C1CCCN(CC(C)(C)CO)C1)CC2. The summed E-state index contributed by atoms with van der Waals surface area (Å²) in [6.07, 6.45) is 3.56. The van der Waals surface area contributed by atoms with Crippen molar-refractivity contribution >= 4 is 0 Å². The fraction of sp³-hybridized carbons (Fsp3) is 0.714. The first kappa shape index (κ1) is 19.5. The molecule has 1 N–H and O–H groups in total. The van der Waals surface area contributed by atoms with E-state index in [4.69, 9.17) is 9.47 Å². The molecule has 0 spiro atoms. The molecular weight excluding hydrogens is 328 g/mol. The van der Waals surface area contributed by atoms with Gasteiger partial charge in [-0.3, -0.25) is 4.90 Å². The van der Waals surface area contributed by atoms with Crippen LogP contribution in [0.2, 0.25) is 0 Å². The van der Waals surface area contributed by atoms with Crippen molar-refractivity contribution in [3.63, 3.8) is 0 Å². The Labute approximate surface area is 157 Å². The Morgan fingerprint density at radius 2 is 1.81 bits per heavy atom. The fourth-order valence-electron chi connectivity index (χ4n) is 4.34. The predicted molar refractivity (Wildman–Crippen MR) is 104 cm³/mol. The molecule has 26 heavy (non-hydrogen) atoms. The van der Waals surface area contributed by atoms with Crippen LogP contribution in [0.4, 0.5) is 0 Å². The van der Waals surface area contributed by atoms with Gasteiger partial charge in [0, 0.05) is 44.2 Å². The summed E-state index contributed by atoms with van der Waals surface area (Å²) in [5.41, 5.74) is 2.72. The van der Waals surface area contributed by atoms with Crippen LogP contribution in [0.1, 0.15) is 37.8 Å². The van der Waals surface area contributed by atoms with Crippen molar-refractivity contribution in [1.82, 2.24) is 9.80 Å². The van der Waals surface area contributed by atoms with Gasteiger partial charge in [-0.2, -0.15) is 0 Å². The highest BCUT2D eigenvalue weighted by molar-refractivity contribution is 5.48. The van der Waals surface area contributed by atoms with Gasteiger partial charge in [-0.05, 0) is 49.1 Å². The zero-order chi connectivity index (χ0) is 18.7. The fourth-order valence-corrected chi connectivity index (χ4v) is 4.34. The normalized spacial score (nSPS) is 22.1. The lowest BCUT2D eigenvalue weighted by Crippen LogP contribution is -2.51. The number of piperidine rings is 1. The molecule has 1 unspecified atom stereocenters. The molecule has 0 bridgehead atoms. The number of fused-ring (bicyclic) bond motifs is 1. The Balaban J connectivity index is 1.68. The van der Waals surface area contributed by atoms with Gasteiger partial charge in [0.05, 0.1) is 14.2 Å². The molecule has 1 aromatic carbocycles. The molecule has 146 valence electrons. The molecule has 0 saturated carbocycles. The van der Waals surface area contributed by atoms with Crippen LogP contribution >= 0.6 is 0 Å². The first-order chi connectivity index (χ1) is 12.5. The van der Waals surface area contributed by atoms with E-state index in [0.29, 0.717) is 6.04 Å². The number of hydrogen-bond donors (Lipinski definition) is 1. The van der Waals surface area contributed by atoms with Gasteiger partial charge >= 0.3 is 0 Å². The van der Waals surface area contributed by atoms with Crippen molar-refractivity contribution in [2.75, 3.05) is 47.0 Å². The van der Waals surface area contributed by atoms with E-state index < -0.39 is 0 Å². The Hall–Kier alpha value is -1.30. The van der Waals surface area contributed by atoms with Crippen molar-refractivity contribution in [2.45, 2.75) is 45.7 Å². The molecule has 0 radical (unpaired) electrons. The molecule has 1 aromatic rings. The van der Waals surface area contributed by atoms with Gasteiger partial charge in [0.25, 0.3) is 0 Å². The highest BCUT2D eigenvalue weighted by Gasteiger charge is 2.31. The van der Waals surface area contributed by atoms with Crippen LogP contribution in [0.15, 0.2) is 12.1 Å². The van der Waals surface area contributed by atoms with Gasteiger partial charge in [-0.25, -0.2) is 0 Å². The van der Waals surface area contributed by atoms with E-state index in [-0.39, 0.29) is 12.0 Å². The van der Waals surface area contributed by atoms with E-state index in [2.05, 4.69) is 35.8 Å². The molecule has 2 aliphatic rings. The number of aliphatic hydroxyl groups excluding tert-OH is 1. The molecule has 5 heteroatoms. The van der Waals surface area contributed by atoms with Crippen molar-refractivity contribution < 1.29 is 14.6 Å². The van der Waals surface area contributed by atoms with E-state index in [1.54, 1.807) is 14.2 Å². The summed E-state index contributed by atoms with van der Waals surface area (Å²) in [6.45, 7) is 9.84. The average molecular weight is 363 g/mol. The number of aliphatic hydroxyl groups is 1. The van der Waals surface area contributed by atoms with E-state index in [0.717, 1.165) is 50.6 Å². The second-order valence-corrected chi connectivity index (χ2v) is 8.55. The molecule has 5 nitrogen and oxygen atoms in total. The predicted octanol–water partition coefficient (Wildman–Crippen LogP) is 2.54. The molecule has 2 aliphatic heterocycles. The molecule has 2 heterocycles. The summed E-state index contributed by atoms with van der Waals surface area (Å²) in [5.74, 6) is 1.65. The van der Waals surface area contributed by atoms with Crippen LogP contribution in [0, 0.1) is 5.41 Å². The summed E-state index contributed by atoms with van der Waals surface area (Å²) >= 11 is 0. The minimum absolute atomic E-state index is 0.0275. The Morgan fingerprint density at radius 3 is 2.46 bits per heavy atom. The minimum atomic E-state index is -0.0275. The largest absolute Gasteiger partial charge is 0.493 e. The molecule has 1 saturated heterocycles. The molecule has 3 rings (SSSR count). The minimum Gasteiger partial charge on any atom is -0.493 e. The van der Waals surface area contributed by atoms with Crippen LogP contribution in [0.25, 0.3) is 0 Å². The summed E-state index contributed by atoms with van der Waals surface area (Å²) < 4.78 is 10.9. The van der Waals surface area contributed by atoms with Gasteiger partial charge in [0.2, 0.25) is 0 Å². The third kappa shape index (κ3) is 4.33. The lowest BCUT2D eigenvalue weighted by molar-refractivity contribution is 0.0474. The molecule has 0 aliphatic carbocycles. The van der Waals surface area contributed by atoms with Gasteiger partial charge < -0.3 is 19.5 Å². The third-order valence-electron chi connectivity index (χ3n) is 5.82. The second-order valence-electron chi connectivity index (χ2n) is 8.55. The zero-order valence-corrected chi connectivity index (χ0v) is 16.8. The Morgan fingerprint density at radius 1 is 1.12 bits per heavy atom. The summed E-state index contributed by atoms with van der Waals surface area (Å²) in [6, 6.07) is 4.89. The lowest BCUT2D eigenvalue weighted by atomic mass is 9.91. The van der Waals surface area contributed by atoms with E-state index in [9.17, 15) is 5.11 Å². The molecular formula is C21H34N2O3. The van der Waals surface area contributed by atoms with Gasteiger partial charge in [0.15, 0.2) is 11.5 Å². The molecule has 1 fully saturated rings. The second kappa shape index (κ2) is 8.15. The van der Waals surface area contributed by atoms with Crippen molar-refractivity contribution in [2.24, 2.45) is 5.41 Å². The summed E-state index contributed by atoms with van der Waals surface area (Å²) in [5, 5.41) is 9.58. The van der Waals surface area contributed by atoms with Crippen LogP contribution in [-0.4, -0.2) is 68.0 Å². The average Bonchev–Trinajstić information content (AvgIpc) is 2.66. The van der Waals surface area contributed by atoms with Crippen LogP contribution in [0.5, 0.6) is 11.5 Å². The molecule has 0 amide bonds. The number of likely N-dealkylation sites (tertiary alicyclic amines) is 1. The molecule has 1 atom stereocenters. The number of benzene rings is 1. The first-order valence-corrected chi connectivity index (χ1v) is 9.77. The van der Waals surface area contributed by atoms with Crippen molar-refractivity contribution in [3.05, 3.63) is 23.3 Å². The van der Waals surface area contributed by atoms with E-state index >= 15 is 0 Å². The lowest BCUT2D eigenvalue weighted by Gasteiger charge is -2.43. The van der Waals surface area contributed by atoms with Gasteiger partial charge in [0.1, 0.15) is 0 Å². The third-order valence-corrected chi connectivity index (χ3v) is 5.82. The Kier molecular flexibility index (Phi) is 6.10. The van der Waals surface area contributed by atoms with E-state index in [1.165, 1.54) is 24.0 Å². The number of ether oxygens (including phenoxy) is 2. The van der Waals surface area contributed by atoms with Crippen molar-refractivity contribution in [3.8, 4) is 11.5 Å². The quantitative estimate of drug-likeness (QED) is 0.843. The summed E-state index contributed by atoms with van der Waals surface area (Å²) in [4.78, 5) is 5.17. The highest BCUT2D eigenvalue weighted by Crippen LogP contribution is 2.34. The number of methoxy groups -OCH3 is 2. The van der Waals surface area contributed by atoms with Gasteiger partial charge in [-0.15, -0.1) is 0 Å². The van der Waals surface area contributed by atoms with Crippen molar-refractivity contribution in [1.29, 1.82) is 0 Å². The monoisotopic (exact) mass is 362 g/mol. The first-order valence-electron chi connectivity index (χ1n) is 9.77. The van der Waals surface area contributed by atoms with E-state index in [1.807, 2.05) is 0 Å². The summed E-state index contributed by atoms with van der Waals surface area (Å²) in [7, 11) is 3.40. The smallest absolute Gasteiger partial charge is 0.161 e. The Bertz CT molecular complexity index is 618. The number of hydrogen-bond acceptors (Lipinski definition) is 5. The highest BCUT2D eigenvalue weighted by atomic mass is 16.5. The number of rotatable bonds is 6. The van der Waals surface area contributed by atoms with Crippen LogP contribution in [0.3, 0.4) is 0 Å². The topological polar surface area (TPSA) is 45.2 Å². The van der Waals surface area contributed by atoms with Gasteiger partial charge in [-0.1, -0.05) is 13.8 Å². The molecule has 0 aromatic heterocycles. The van der Waals surface area contributed by atoms with Crippen LogP contribution in [-0.2, 0) is 13.0 Å². The zero-order valence-electron chi connectivity index (χ0n) is 16.8. The van der Waals surface area contributed by atoms with Crippen LogP contribution < -0.4 is 9.47 Å². The number of nitrogens with zero attached hydrogens (tertiary/aromatic N) is 2. The maximum atomic E-state index is 9.58. The standard InChI is InChI=1S/C21H34N2O3/c1-21(2,15-24)14-22-8-5-6-18(13-22)23-9-7-16-10-19(25-3)20(26-4)11-17(16)12-23/h10-11,18,24H,5-9,12-15H2,1-4H3. The maximum Gasteiger partial charge on any atom is 0.161 e. The maximum absolute atomic E-state index is 9.58.